The number of para-hydroxylation sites is 1. The molecule has 0 spiro atoms. The first kappa shape index (κ1) is 14.3. The zero-order valence-electron chi connectivity index (χ0n) is 14.1. The fourth-order valence-electron chi connectivity index (χ4n) is 3.80. The van der Waals surface area contributed by atoms with Crippen LogP contribution in [0, 0.1) is 6.92 Å². The number of benzene rings is 4. The first-order valence-electron chi connectivity index (χ1n) is 8.67. The zero-order valence-corrected chi connectivity index (χ0v) is 14.1. The topological polar surface area (TPSA) is 13.1 Å². The second-order valence-electron chi connectivity index (χ2n) is 6.67. The molecular formula is C24H18O. The van der Waals surface area contributed by atoms with Crippen LogP contribution in [-0.4, -0.2) is 0 Å². The van der Waals surface area contributed by atoms with Crippen LogP contribution >= 0.6 is 0 Å². The summed E-state index contributed by atoms with van der Waals surface area (Å²) in [6, 6.07) is 27.9. The van der Waals surface area contributed by atoms with Crippen LogP contribution in [0.1, 0.15) is 16.7 Å². The van der Waals surface area contributed by atoms with Gasteiger partial charge < -0.3 is 4.42 Å². The summed E-state index contributed by atoms with van der Waals surface area (Å²) < 4.78 is 6.39. The predicted octanol–water partition coefficient (Wildman–Crippen LogP) is 6.64. The van der Waals surface area contributed by atoms with E-state index in [9.17, 15) is 0 Å². The normalized spacial score (nSPS) is 11.6. The van der Waals surface area contributed by atoms with Gasteiger partial charge in [-0.3, -0.25) is 0 Å². The number of hydrogen-bond acceptors (Lipinski definition) is 1. The monoisotopic (exact) mass is 322 g/mol. The number of rotatable bonds is 2. The SMILES string of the molecule is Cc1cccc2c1oc1c(Cc3ccccc3)c3ccccc3cc12. The van der Waals surface area contributed by atoms with Gasteiger partial charge in [0.25, 0.3) is 0 Å². The fraction of sp³-hybridized carbons (Fsp3) is 0.0833. The van der Waals surface area contributed by atoms with E-state index < -0.39 is 0 Å². The van der Waals surface area contributed by atoms with Crippen LogP contribution < -0.4 is 0 Å². The molecule has 5 aromatic rings. The third-order valence-corrected chi connectivity index (χ3v) is 5.03. The van der Waals surface area contributed by atoms with Crippen LogP contribution in [0.4, 0.5) is 0 Å². The molecule has 0 amide bonds. The molecule has 0 fully saturated rings. The minimum absolute atomic E-state index is 0.873. The van der Waals surface area contributed by atoms with Crippen LogP contribution in [-0.2, 0) is 6.42 Å². The fourth-order valence-corrected chi connectivity index (χ4v) is 3.80. The third kappa shape index (κ3) is 2.24. The Bertz CT molecular complexity index is 1210. The van der Waals surface area contributed by atoms with Gasteiger partial charge in [0, 0.05) is 22.8 Å². The molecule has 0 atom stereocenters. The molecular weight excluding hydrogens is 304 g/mol. The Morgan fingerprint density at radius 2 is 1.44 bits per heavy atom. The number of furan rings is 1. The average Bonchev–Trinajstić information content (AvgIpc) is 3.03. The van der Waals surface area contributed by atoms with Crippen molar-refractivity contribution in [3.63, 3.8) is 0 Å². The van der Waals surface area contributed by atoms with E-state index in [4.69, 9.17) is 4.42 Å². The van der Waals surface area contributed by atoms with Gasteiger partial charge in [-0.05, 0) is 34.9 Å². The molecule has 1 nitrogen and oxygen atoms in total. The van der Waals surface area contributed by atoms with E-state index >= 15 is 0 Å². The maximum absolute atomic E-state index is 6.39. The molecule has 1 heteroatoms. The van der Waals surface area contributed by atoms with Crippen molar-refractivity contribution in [3.8, 4) is 0 Å². The van der Waals surface area contributed by atoms with Crippen molar-refractivity contribution >= 4 is 32.7 Å². The molecule has 0 aliphatic heterocycles. The van der Waals surface area contributed by atoms with Crippen molar-refractivity contribution in [2.75, 3.05) is 0 Å². The highest BCUT2D eigenvalue weighted by Gasteiger charge is 2.15. The standard InChI is InChI=1S/C24H18O/c1-16-8-7-13-20-22-15-18-11-5-6-12-19(18)21(24(22)25-23(16)20)14-17-9-3-2-4-10-17/h2-13,15H,14H2,1H3. The van der Waals surface area contributed by atoms with E-state index in [2.05, 4.69) is 85.8 Å². The molecule has 0 radical (unpaired) electrons. The first-order chi connectivity index (χ1) is 12.3. The molecule has 1 aromatic heterocycles. The van der Waals surface area contributed by atoms with Crippen molar-refractivity contribution in [1.29, 1.82) is 0 Å². The van der Waals surface area contributed by atoms with Crippen molar-refractivity contribution in [1.82, 2.24) is 0 Å². The third-order valence-electron chi connectivity index (χ3n) is 5.03. The molecule has 4 aromatic carbocycles. The van der Waals surface area contributed by atoms with E-state index in [1.54, 1.807) is 0 Å². The summed E-state index contributed by atoms with van der Waals surface area (Å²) in [6.07, 6.45) is 0.873. The highest BCUT2D eigenvalue weighted by Crippen LogP contribution is 2.37. The molecule has 0 N–H and O–H groups in total. The highest BCUT2D eigenvalue weighted by molar-refractivity contribution is 6.12. The molecule has 0 aliphatic carbocycles. The molecule has 1 heterocycles. The van der Waals surface area contributed by atoms with E-state index in [0.717, 1.165) is 17.6 Å². The van der Waals surface area contributed by atoms with Gasteiger partial charge in [-0.25, -0.2) is 0 Å². The minimum atomic E-state index is 0.873. The molecule has 120 valence electrons. The van der Waals surface area contributed by atoms with Crippen LogP contribution in [0.2, 0.25) is 0 Å². The quantitative estimate of drug-likeness (QED) is 0.355. The van der Waals surface area contributed by atoms with Crippen molar-refractivity contribution < 1.29 is 4.42 Å². The highest BCUT2D eigenvalue weighted by atomic mass is 16.3. The first-order valence-corrected chi connectivity index (χ1v) is 8.67. The smallest absolute Gasteiger partial charge is 0.139 e. The molecule has 0 aliphatic rings. The van der Waals surface area contributed by atoms with Gasteiger partial charge >= 0.3 is 0 Å². The maximum atomic E-state index is 6.39. The maximum Gasteiger partial charge on any atom is 0.139 e. The molecule has 0 unspecified atom stereocenters. The van der Waals surface area contributed by atoms with Crippen molar-refractivity contribution in [3.05, 3.63) is 95.6 Å². The Balaban J connectivity index is 1.91. The lowest BCUT2D eigenvalue weighted by Crippen LogP contribution is -1.91. The number of fused-ring (bicyclic) bond motifs is 4. The van der Waals surface area contributed by atoms with Crippen LogP contribution in [0.3, 0.4) is 0 Å². The van der Waals surface area contributed by atoms with E-state index in [-0.39, 0.29) is 0 Å². The Morgan fingerprint density at radius 3 is 2.32 bits per heavy atom. The van der Waals surface area contributed by atoms with Crippen LogP contribution in [0.5, 0.6) is 0 Å². The van der Waals surface area contributed by atoms with Gasteiger partial charge in [0.15, 0.2) is 0 Å². The van der Waals surface area contributed by atoms with Gasteiger partial charge in [0.2, 0.25) is 0 Å². The minimum Gasteiger partial charge on any atom is -0.455 e. The molecule has 0 saturated heterocycles. The number of hydrogen-bond donors (Lipinski definition) is 0. The summed E-state index contributed by atoms with van der Waals surface area (Å²) in [4.78, 5) is 0. The Hall–Kier alpha value is -3.06. The second-order valence-corrected chi connectivity index (χ2v) is 6.67. The summed E-state index contributed by atoms with van der Waals surface area (Å²) in [5.41, 5.74) is 5.78. The molecule has 0 bridgehead atoms. The van der Waals surface area contributed by atoms with E-state index in [1.807, 2.05) is 0 Å². The largest absolute Gasteiger partial charge is 0.455 e. The Morgan fingerprint density at radius 1 is 0.680 bits per heavy atom. The Labute approximate surface area is 146 Å². The lowest BCUT2D eigenvalue weighted by molar-refractivity contribution is 0.662. The lowest BCUT2D eigenvalue weighted by atomic mass is 9.95. The van der Waals surface area contributed by atoms with Gasteiger partial charge in [0.05, 0.1) is 0 Å². The van der Waals surface area contributed by atoms with Gasteiger partial charge in [-0.15, -0.1) is 0 Å². The Kier molecular flexibility index (Phi) is 3.14. The summed E-state index contributed by atoms with van der Waals surface area (Å²) in [5.74, 6) is 0. The van der Waals surface area contributed by atoms with Gasteiger partial charge in [-0.2, -0.15) is 0 Å². The van der Waals surface area contributed by atoms with Crippen molar-refractivity contribution in [2.45, 2.75) is 13.3 Å². The molecule has 0 saturated carbocycles. The molecule has 25 heavy (non-hydrogen) atoms. The van der Waals surface area contributed by atoms with E-state index in [1.165, 1.54) is 38.2 Å². The van der Waals surface area contributed by atoms with Gasteiger partial charge in [0.1, 0.15) is 11.2 Å². The van der Waals surface area contributed by atoms with Crippen molar-refractivity contribution in [2.24, 2.45) is 0 Å². The summed E-state index contributed by atoms with van der Waals surface area (Å²) >= 11 is 0. The number of aryl methyl sites for hydroxylation is 1. The van der Waals surface area contributed by atoms with Gasteiger partial charge in [-0.1, -0.05) is 72.8 Å². The second kappa shape index (κ2) is 5.49. The zero-order chi connectivity index (χ0) is 16.8. The summed E-state index contributed by atoms with van der Waals surface area (Å²) in [6.45, 7) is 2.11. The summed E-state index contributed by atoms with van der Waals surface area (Å²) in [7, 11) is 0. The molecule has 5 rings (SSSR count). The van der Waals surface area contributed by atoms with Crippen LogP contribution in [0.15, 0.2) is 83.3 Å². The van der Waals surface area contributed by atoms with E-state index in [0.29, 0.717) is 0 Å². The average molecular weight is 322 g/mol. The predicted molar refractivity (Wildman–Crippen MR) is 105 cm³/mol. The lowest BCUT2D eigenvalue weighted by Gasteiger charge is -2.08. The summed E-state index contributed by atoms with van der Waals surface area (Å²) in [5, 5.41) is 4.96. The van der Waals surface area contributed by atoms with Crippen LogP contribution in [0.25, 0.3) is 32.7 Å².